The minimum atomic E-state index is -0.0597. The summed E-state index contributed by atoms with van der Waals surface area (Å²) in [6.45, 7) is 8.30. The normalized spacial score (nSPS) is 18.0. The first-order valence-corrected chi connectivity index (χ1v) is 15.6. The highest BCUT2D eigenvalue weighted by molar-refractivity contribution is 6.07. The summed E-state index contributed by atoms with van der Waals surface area (Å²) in [6, 6.07) is 16.8. The molecule has 1 amide bonds. The number of benzene rings is 2. The highest BCUT2D eigenvalue weighted by Gasteiger charge is 2.25. The average Bonchev–Trinajstić information content (AvgIpc) is 3.61. The fourth-order valence-electron chi connectivity index (χ4n) is 6.33. The Morgan fingerprint density at radius 1 is 1.07 bits per heavy atom. The summed E-state index contributed by atoms with van der Waals surface area (Å²) in [5, 5.41) is 17.0. The number of likely N-dealkylation sites (tertiary alicyclic amines) is 1. The van der Waals surface area contributed by atoms with E-state index in [1.807, 2.05) is 54.8 Å². The van der Waals surface area contributed by atoms with Gasteiger partial charge in [-0.1, -0.05) is 43.3 Å². The Kier molecular flexibility index (Phi) is 7.99. The molecular weight excluding hydrogens is 568 g/mol. The van der Waals surface area contributed by atoms with Gasteiger partial charge in [-0.15, -0.1) is 10.2 Å². The Morgan fingerprint density at radius 2 is 1.89 bits per heavy atom. The molecule has 3 aromatic heterocycles. The number of carbonyl (C=O) groups excluding carboxylic acids is 1. The second kappa shape index (κ2) is 12.4. The number of hydrazone groups is 1. The Bertz CT molecular complexity index is 1870. The number of aromatic nitrogens is 6. The zero-order valence-corrected chi connectivity index (χ0v) is 25.9. The third-order valence-corrected chi connectivity index (χ3v) is 8.82. The lowest BCUT2D eigenvalue weighted by atomic mass is 9.94. The van der Waals surface area contributed by atoms with Crippen LogP contribution in [0.5, 0.6) is 0 Å². The molecule has 0 spiro atoms. The van der Waals surface area contributed by atoms with Crippen molar-refractivity contribution in [2.75, 3.05) is 38.7 Å². The molecule has 7 rings (SSSR count). The van der Waals surface area contributed by atoms with Gasteiger partial charge in [-0.25, -0.2) is 15.4 Å². The van der Waals surface area contributed by atoms with E-state index in [1.165, 1.54) is 0 Å². The van der Waals surface area contributed by atoms with E-state index in [9.17, 15) is 4.79 Å². The number of imidazole rings is 1. The summed E-state index contributed by atoms with van der Waals surface area (Å²) >= 11 is 0. The van der Waals surface area contributed by atoms with Crippen molar-refractivity contribution in [2.45, 2.75) is 45.7 Å². The largest absolute Gasteiger partial charge is 0.383 e. The third kappa shape index (κ3) is 5.90. The molecule has 1 atom stereocenters. The first-order chi connectivity index (χ1) is 22.0. The van der Waals surface area contributed by atoms with E-state index in [-0.39, 0.29) is 17.9 Å². The number of aryl methyl sites for hydroxylation is 1. The van der Waals surface area contributed by atoms with Crippen LogP contribution in [0, 0.1) is 12.8 Å². The zero-order valence-electron chi connectivity index (χ0n) is 25.9. The smallest absolute Gasteiger partial charge is 0.240 e. The summed E-state index contributed by atoms with van der Waals surface area (Å²) in [7, 11) is 1.75. The highest BCUT2D eigenvalue weighted by Crippen LogP contribution is 2.30. The number of nitrogens with one attached hydrogen (secondary N) is 2. The van der Waals surface area contributed by atoms with Crippen LogP contribution >= 0.6 is 0 Å². The number of nitrogens with zero attached hydrogens (tertiary/aromatic N) is 8. The Hall–Kier alpha value is -4.68. The zero-order chi connectivity index (χ0) is 30.9. The van der Waals surface area contributed by atoms with E-state index >= 15 is 0 Å². The third-order valence-electron chi connectivity index (χ3n) is 8.82. The van der Waals surface area contributed by atoms with Crippen molar-refractivity contribution in [3.8, 4) is 11.5 Å². The number of anilines is 1. The van der Waals surface area contributed by atoms with Gasteiger partial charge in [-0.2, -0.15) is 5.10 Å². The van der Waals surface area contributed by atoms with E-state index in [4.69, 9.17) is 14.7 Å². The van der Waals surface area contributed by atoms with Crippen LogP contribution < -0.4 is 10.7 Å². The van der Waals surface area contributed by atoms with Gasteiger partial charge < -0.3 is 19.5 Å². The lowest BCUT2D eigenvalue weighted by Gasteiger charge is -2.32. The molecule has 1 saturated heterocycles. The van der Waals surface area contributed by atoms with E-state index in [1.54, 1.807) is 7.11 Å². The van der Waals surface area contributed by atoms with Crippen molar-refractivity contribution in [1.82, 2.24) is 39.5 Å². The molecule has 12 nitrogen and oxygen atoms in total. The topological polar surface area (TPSA) is 127 Å². The Morgan fingerprint density at radius 3 is 2.67 bits per heavy atom. The molecule has 232 valence electrons. The molecular formula is C33H38N10O2. The van der Waals surface area contributed by atoms with Gasteiger partial charge in [0.2, 0.25) is 11.6 Å². The molecule has 1 fully saturated rings. The van der Waals surface area contributed by atoms with Gasteiger partial charge in [-0.05, 0) is 37.5 Å². The molecule has 12 heteroatoms. The second-order valence-electron chi connectivity index (χ2n) is 12.0. The number of rotatable bonds is 9. The maximum Gasteiger partial charge on any atom is 0.240 e. The molecule has 0 saturated carbocycles. The maximum atomic E-state index is 11.9. The van der Waals surface area contributed by atoms with Crippen molar-refractivity contribution >= 4 is 34.1 Å². The molecule has 1 unspecified atom stereocenters. The molecule has 0 aliphatic carbocycles. The molecule has 5 heterocycles. The highest BCUT2D eigenvalue weighted by atomic mass is 16.5. The first-order valence-electron chi connectivity index (χ1n) is 15.6. The van der Waals surface area contributed by atoms with Gasteiger partial charge in [0.25, 0.3) is 0 Å². The van der Waals surface area contributed by atoms with E-state index in [0.29, 0.717) is 24.4 Å². The molecule has 2 aromatic carbocycles. The van der Waals surface area contributed by atoms with Gasteiger partial charge >= 0.3 is 0 Å². The second-order valence-corrected chi connectivity index (χ2v) is 12.0. The van der Waals surface area contributed by atoms with Crippen LogP contribution in [-0.4, -0.2) is 85.0 Å². The summed E-state index contributed by atoms with van der Waals surface area (Å²) in [6.07, 6.45) is 4.41. The summed E-state index contributed by atoms with van der Waals surface area (Å²) in [5.41, 5.74) is 8.90. The van der Waals surface area contributed by atoms with E-state index in [0.717, 1.165) is 84.3 Å². The monoisotopic (exact) mass is 606 g/mol. The fourth-order valence-corrected chi connectivity index (χ4v) is 6.33. The maximum absolute atomic E-state index is 11.9. The molecule has 5 aromatic rings. The van der Waals surface area contributed by atoms with Gasteiger partial charge in [-0.3, -0.25) is 9.20 Å². The lowest BCUT2D eigenvalue weighted by molar-refractivity contribution is -0.121. The molecule has 45 heavy (non-hydrogen) atoms. The fraction of sp³-hybridized carbons (Fsp3) is 0.394. The minimum absolute atomic E-state index is 0.0161. The van der Waals surface area contributed by atoms with Crippen molar-refractivity contribution < 1.29 is 9.53 Å². The van der Waals surface area contributed by atoms with Crippen LogP contribution in [0.3, 0.4) is 0 Å². The molecule has 2 N–H and O–H groups in total. The van der Waals surface area contributed by atoms with E-state index < -0.39 is 0 Å². The minimum Gasteiger partial charge on any atom is -0.383 e. The number of ether oxygens (including phenoxy) is 1. The van der Waals surface area contributed by atoms with Crippen molar-refractivity contribution in [3.63, 3.8) is 0 Å². The standard InChI is InChI=1S/C33H38N10O2/c1-21-17-29(44)38-39-30(21)24-9-10-26-28(18-24)43(19-23-7-5-4-6-8-23)32(36-26)27-20-42-22(2)37-40-33(42)31(35-27)34-25-11-13-41(14-12-25)15-16-45-3/h4-10,18,20-21,25H,11-17,19H2,1-3H3,(H,34,35)(H,38,44). The van der Waals surface area contributed by atoms with Crippen LogP contribution in [0.25, 0.3) is 28.2 Å². The summed E-state index contributed by atoms with van der Waals surface area (Å²) < 4.78 is 9.49. The number of carbonyl (C=O) groups is 1. The van der Waals surface area contributed by atoms with Crippen LogP contribution in [0.4, 0.5) is 5.82 Å². The van der Waals surface area contributed by atoms with Crippen molar-refractivity contribution in [3.05, 3.63) is 71.7 Å². The van der Waals surface area contributed by atoms with Crippen molar-refractivity contribution in [1.29, 1.82) is 0 Å². The predicted molar refractivity (Wildman–Crippen MR) is 173 cm³/mol. The average molecular weight is 607 g/mol. The number of piperidine rings is 1. The number of fused-ring (bicyclic) bond motifs is 2. The van der Waals surface area contributed by atoms with E-state index in [2.05, 4.69) is 53.7 Å². The van der Waals surface area contributed by atoms with Crippen LogP contribution in [0.1, 0.15) is 43.1 Å². The molecule has 0 bridgehead atoms. The number of methoxy groups -OCH3 is 1. The Labute approximate surface area is 261 Å². The summed E-state index contributed by atoms with van der Waals surface area (Å²) in [4.78, 5) is 24.7. The van der Waals surface area contributed by atoms with Gasteiger partial charge in [0.15, 0.2) is 11.6 Å². The lowest BCUT2D eigenvalue weighted by Crippen LogP contribution is -2.40. The number of hydrogen-bond donors (Lipinski definition) is 2. The van der Waals surface area contributed by atoms with Crippen LogP contribution in [0.2, 0.25) is 0 Å². The Balaban J connectivity index is 1.30. The molecule has 2 aliphatic heterocycles. The SMILES string of the molecule is COCCN1CCC(Nc2nc(-c3nc4ccc(C5=NNC(=O)CC5C)cc4n3Cc3ccccc3)cn3c(C)nnc23)CC1. The van der Waals surface area contributed by atoms with Crippen LogP contribution in [-0.2, 0) is 16.1 Å². The van der Waals surface area contributed by atoms with Crippen LogP contribution in [0.15, 0.2) is 59.8 Å². The molecule has 2 aliphatic rings. The first kappa shape index (κ1) is 29.1. The number of amides is 1. The number of hydrogen-bond acceptors (Lipinski definition) is 9. The van der Waals surface area contributed by atoms with Gasteiger partial charge in [0, 0.05) is 63.4 Å². The molecule has 0 radical (unpaired) electrons. The van der Waals surface area contributed by atoms with Gasteiger partial charge in [0.05, 0.1) is 23.4 Å². The van der Waals surface area contributed by atoms with Gasteiger partial charge in [0.1, 0.15) is 11.5 Å². The quantitative estimate of drug-likeness (QED) is 0.259. The summed E-state index contributed by atoms with van der Waals surface area (Å²) in [5.74, 6) is 2.21. The van der Waals surface area contributed by atoms with Crippen molar-refractivity contribution in [2.24, 2.45) is 11.0 Å². The predicted octanol–water partition coefficient (Wildman–Crippen LogP) is 3.88.